The van der Waals surface area contributed by atoms with Gasteiger partial charge in [-0.1, -0.05) is 29.3 Å². The molecule has 0 heterocycles. The van der Waals surface area contributed by atoms with Gasteiger partial charge in [0.15, 0.2) is 0 Å². The van der Waals surface area contributed by atoms with E-state index in [1.165, 1.54) is 18.2 Å². The number of halogens is 6. The minimum atomic E-state index is -4.44. The van der Waals surface area contributed by atoms with Gasteiger partial charge >= 0.3 is 6.18 Å². The van der Waals surface area contributed by atoms with Crippen LogP contribution in [0.15, 0.2) is 36.4 Å². The van der Waals surface area contributed by atoms with Crippen molar-refractivity contribution >= 4 is 28.9 Å². The first kappa shape index (κ1) is 15.9. The van der Waals surface area contributed by atoms with Crippen molar-refractivity contribution in [2.24, 2.45) is 0 Å². The summed E-state index contributed by atoms with van der Waals surface area (Å²) in [6.45, 7) is 0.212. The predicted octanol–water partition coefficient (Wildman–Crippen LogP) is 5.76. The summed E-state index contributed by atoms with van der Waals surface area (Å²) in [4.78, 5) is 0. The van der Waals surface area contributed by atoms with Crippen molar-refractivity contribution in [3.63, 3.8) is 0 Å². The van der Waals surface area contributed by atoms with Gasteiger partial charge in [-0.2, -0.15) is 13.2 Å². The molecule has 21 heavy (non-hydrogen) atoms. The second-order valence-corrected chi connectivity index (χ2v) is 5.10. The van der Waals surface area contributed by atoms with Gasteiger partial charge in [-0.05, 0) is 35.9 Å². The van der Waals surface area contributed by atoms with Gasteiger partial charge in [-0.25, -0.2) is 4.39 Å². The summed E-state index contributed by atoms with van der Waals surface area (Å²) in [6.07, 6.45) is -4.44. The highest BCUT2D eigenvalue weighted by atomic mass is 35.5. The Bertz CT molecular complexity index is 656. The van der Waals surface area contributed by atoms with E-state index in [-0.39, 0.29) is 16.6 Å². The third-order valence-corrected chi connectivity index (χ3v) is 3.45. The first-order valence-corrected chi connectivity index (χ1v) is 6.57. The average Bonchev–Trinajstić information content (AvgIpc) is 2.38. The number of alkyl halides is 3. The molecule has 2 rings (SSSR count). The molecule has 0 saturated heterocycles. The van der Waals surface area contributed by atoms with Crippen LogP contribution in [0.1, 0.15) is 11.1 Å². The summed E-state index contributed by atoms with van der Waals surface area (Å²) in [5.74, 6) is -0.462. The first-order valence-electron chi connectivity index (χ1n) is 5.82. The summed E-state index contributed by atoms with van der Waals surface area (Å²) < 4.78 is 50.4. The normalized spacial score (nSPS) is 11.5. The maximum absolute atomic E-state index is 12.9. The lowest BCUT2D eigenvalue weighted by Crippen LogP contribution is -2.06. The van der Waals surface area contributed by atoms with Crippen LogP contribution < -0.4 is 5.32 Å². The summed E-state index contributed by atoms with van der Waals surface area (Å²) in [7, 11) is 0. The largest absolute Gasteiger partial charge is 0.416 e. The molecule has 0 fully saturated rings. The van der Waals surface area contributed by atoms with Crippen LogP contribution in [0.2, 0.25) is 10.0 Å². The highest BCUT2D eigenvalue weighted by Crippen LogP contribution is 2.34. The lowest BCUT2D eigenvalue weighted by Gasteiger charge is -2.12. The van der Waals surface area contributed by atoms with Gasteiger partial charge in [0.2, 0.25) is 0 Å². The molecule has 0 amide bonds. The smallest absolute Gasteiger partial charge is 0.380 e. The van der Waals surface area contributed by atoms with Crippen LogP contribution in [0.25, 0.3) is 0 Å². The molecule has 112 valence electrons. The summed E-state index contributed by atoms with van der Waals surface area (Å²) in [5.41, 5.74) is 0.122. The minimum absolute atomic E-state index is 0.0527. The van der Waals surface area contributed by atoms with E-state index >= 15 is 0 Å². The molecule has 1 nitrogen and oxygen atoms in total. The second kappa shape index (κ2) is 6.12. The van der Waals surface area contributed by atoms with E-state index in [4.69, 9.17) is 23.2 Å². The second-order valence-electron chi connectivity index (χ2n) is 4.28. The van der Waals surface area contributed by atoms with E-state index in [9.17, 15) is 17.6 Å². The number of benzene rings is 2. The number of anilines is 1. The zero-order chi connectivity index (χ0) is 15.6. The maximum atomic E-state index is 12.9. The molecule has 0 atom stereocenters. The molecule has 0 saturated carbocycles. The fourth-order valence-electron chi connectivity index (χ4n) is 1.69. The number of hydrogen-bond donors (Lipinski definition) is 1. The standard InChI is InChI=1S/C14H9Cl2F4N/c15-11-6-10(17)3-1-8(11)7-21-13-4-2-9(5-12(13)16)14(18,19)20/h1-6,21H,7H2. The fourth-order valence-corrected chi connectivity index (χ4v) is 2.17. The van der Waals surface area contributed by atoms with Crippen molar-refractivity contribution in [3.8, 4) is 0 Å². The monoisotopic (exact) mass is 337 g/mol. The molecule has 0 aromatic heterocycles. The van der Waals surface area contributed by atoms with E-state index in [0.29, 0.717) is 11.3 Å². The summed E-state index contributed by atoms with van der Waals surface area (Å²) >= 11 is 11.7. The van der Waals surface area contributed by atoms with Gasteiger partial charge in [0.25, 0.3) is 0 Å². The van der Waals surface area contributed by atoms with Crippen LogP contribution in [0.5, 0.6) is 0 Å². The van der Waals surface area contributed by atoms with E-state index in [2.05, 4.69) is 5.32 Å². The minimum Gasteiger partial charge on any atom is -0.380 e. The van der Waals surface area contributed by atoms with Crippen molar-refractivity contribution in [1.29, 1.82) is 0 Å². The van der Waals surface area contributed by atoms with E-state index in [1.54, 1.807) is 0 Å². The highest BCUT2D eigenvalue weighted by molar-refractivity contribution is 6.33. The predicted molar refractivity (Wildman–Crippen MR) is 75.2 cm³/mol. The molecular weight excluding hydrogens is 329 g/mol. The van der Waals surface area contributed by atoms with E-state index < -0.39 is 17.6 Å². The third-order valence-electron chi connectivity index (χ3n) is 2.78. The molecular formula is C14H9Cl2F4N. The molecule has 2 aromatic carbocycles. The van der Waals surface area contributed by atoms with Gasteiger partial charge in [0, 0.05) is 11.6 Å². The first-order chi connectivity index (χ1) is 9.77. The van der Waals surface area contributed by atoms with Gasteiger partial charge in [0.05, 0.1) is 16.3 Å². The van der Waals surface area contributed by atoms with Gasteiger partial charge in [0.1, 0.15) is 5.82 Å². The molecule has 0 spiro atoms. The van der Waals surface area contributed by atoms with Crippen molar-refractivity contribution in [2.75, 3.05) is 5.32 Å². The van der Waals surface area contributed by atoms with Crippen molar-refractivity contribution in [3.05, 3.63) is 63.4 Å². The molecule has 0 unspecified atom stereocenters. The van der Waals surface area contributed by atoms with Crippen molar-refractivity contribution in [1.82, 2.24) is 0 Å². The SMILES string of the molecule is Fc1ccc(CNc2ccc(C(F)(F)F)cc2Cl)c(Cl)c1. The lowest BCUT2D eigenvalue weighted by molar-refractivity contribution is -0.137. The summed E-state index contributed by atoms with van der Waals surface area (Å²) in [6, 6.07) is 6.91. The lowest BCUT2D eigenvalue weighted by atomic mass is 10.2. The molecule has 1 N–H and O–H groups in total. The Morgan fingerprint density at radius 1 is 0.952 bits per heavy atom. The van der Waals surface area contributed by atoms with Crippen LogP contribution in [0.4, 0.5) is 23.2 Å². The van der Waals surface area contributed by atoms with Crippen LogP contribution in [-0.4, -0.2) is 0 Å². The Kier molecular flexibility index (Phi) is 4.64. The van der Waals surface area contributed by atoms with Crippen LogP contribution in [0.3, 0.4) is 0 Å². The Morgan fingerprint density at radius 3 is 2.24 bits per heavy atom. The Balaban J connectivity index is 2.13. The maximum Gasteiger partial charge on any atom is 0.416 e. The highest BCUT2D eigenvalue weighted by Gasteiger charge is 2.30. The number of nitrogens with one attached hydrogen (secondary N) is 1. The number of rotatable bonds is 3. The average molecular weight is 338 g/mol. The third kappa shape index (κ3) is 4.02. The molecule has 0 aliphatic rings. The van der Waals surface area contributed by atoms with Crippen molar-refractivity contribution in [2.45, 2.75) is 12.7 Å². The zero-order valence-electron chi connectivity index (χ0n) is 10.4. The Morgan fingerprint density at radius 2 is 1.67 bits per heavy atom. The van der Waals surface area contributed by atoms with E-state index in [1.807, 2.05) is 0 Å². The number of hydrogen-bond acceptors (Lipinski definition) is 1. The fraction of sp³-hybridized carbons (Fsp3) is 0.143. The van der Waals surface area contributed by atoms with Gasteiger partial charge in [-0.3, -0.25) is 0 Å². The molecule has 0 radical (unpaired) electrons. The topological polar surface area (TPSA) is 12.0 Å². The van der Waals surface area contributed by atoms with E-state index in [0.717, 1.165) is 18.2 Å². The Labute approximate surface area is 128 Å². The zero-order valence-corrected chi connectivity index (χ0v) is 12.0. The Hall–Kier alpha value is -1.46. The molecule has 7 heteroatoms. The van der Waals surface area contributed by atoms with Crippen LogP contribution >= 0.6 is 23.2 Å². The van der Waals surface area contributed by atoms with Crippen molar-refractivity contribution < 1.29 is 17.6 Å². The van der Waals surface area contributed by atoms with Gasteiger partial charge in [-0.15, -0.1) is 0 Å². The molecule has 0 aliphatic heterocycles. The molecule has 2 aromatic rings. The van der Waals surface area contributed by atoms with Crippen LogP contribution in [0, 0.1) is 5.82 Å². The quantitative estimate of drug-likeness (QED) is 0.701. The summed E-state index contributed by atoms with van der Waals surface area (Å²) in [5, 5.41) is 3.04. The molecule has 0 aliphatic carbocycles. The van der Waals surface area contributed by atoms with Gasteiger partial charge < -0.3 is 5.32 Å². The van der Waals surface area contributed by atoms with Crippen LogP contribution in [-0.2, 0) is 12.7 Å². The molecule has 0 bridgehead atoms.